The first-order chi connectivity index (χ1) is 17.0. The van der Waals surface area contributed by atoms with Crippen LogP contribution in [0.4, 0.5) is 4.79 Å². The van der Waals surface area contributed by atoms with Gasteiger partial charge in [0.1, 0.15) is 12.7 Å². The van der Waals surface area contributed by atoms with Gasteiger partial charge < -0.3 is 25.2 Å². The molecule has 2 aromatic carbocycles. The van der Waals surface area contributed by atoms with E-state index in [4.69, 9.17) is 14.6 Å². The molecule has 35 heavy (non-hydrogen) atoms. The highest BCUT2D eigenvalue weighted by Gasteiger charge is 2.37. The molecule has 4 atom stereocenters. The Balaban J connectivity index is 1.12. The van der Waals surface area contributed by atoms with Crippen molar-refractivity contribution in [3.8, 4) is 11.1 Å². The highest BCUT2D eigenvalue weighted by molar-refractivity contribution is 5.82. The number of carboxylic acid groups (broad SMARTS) is 1. The first kappa shape index (κ1) is 23.4. The van der Waals surface area contributed by atoms with Crippen molar-refractivity contribution in [3.63, 3.8) is 0 Å². The minimum Gasteiger partial charge on any atom is -0.481 e. The van der Waals surface area contributed by atoms with Crippen LogP contribution in [0.2, 0.25) is 0 Å². The minimum atomic E-state index is -0.816. The lowest BCUT2D eigenvalue weighted by molar-refractivity contribution is -0.141. The molecule has 1 aliphatic heterocycles. The Hall–Kier alpha value is -3.39. The topological polar surface area (TPSA) is 114 Å². The molecular formula is C27H30N2O6. The van der Waals surface area contributed by atoms with Crippen LogP contribution in [0.3, 0.4) is 0 Å². The Labute approximate surface area is 204 Å². The van der Waals surface area contributed by atoms with Gasteiger partial charge in [-0.05, 0) is 47.9 Å². The lowest BCUT2D eigenvalue weighted by Crippen LogP contribution is -2.45. The number of hydrogen-bond donors (Lipinski definition) is 3. The van der Waals surface area contributed by atoms with Gasteiger partial charge in [0.05, 0.1) is 5.92 Å². The van der Waals surface area contributed by atoms with E-state index in [1.807, 2.05) is 24.3 Å². The van der Waals surface area contributed by atoms with E-state index in [-0.39, 0.29) is 36.9 Å². The fourth-order valence-electron chi connectivity index (χ4n) is 5.62. The number of benzene rings is 2. The summed E-state index contributed by atoms with van der Waals surface area (Å²) in [5.74, 6) is -1.63. The third kappa shape index (κ3) is 4.89. The molecule has 2 amide bonds. The summed E-state index contributed by atoms with van der Waals surface area (Å²) < 4.78 is 11.2. The highest BCUT2D eigenvalue weighted by Crippen LogP contribution is 2.44. The van der Waals surface area contributed by atoms with Gasteiger partial charge in [0, 0.05) is 31.0 Å². The van der Waals surface area contributed by atoms with Crippen LogP contribution in [-0.2, 0) is 19.1 Å². The fourth-order valence-corrected chi connectivity index (χ4v) is 5.62. The molecule has 1 heterocycles. The van der Waals surface area contributed by atoms with E-state index in [9.17, 15) is 14.4 Å². The largest absolute Gasteiger partial charge is 0.481 e. The summed E-state index contributed by atoms with van der Waals surface area (Å²) in [5.41, 5.74) is 4.65. The second kappa shape index (κ2) is 10.1. The molecule has 0 aromatic heterocycles. The number of carbonyl (C=O) groups excluding carboxylic acids is 2. The molecule has 0 bridgehead atoms. The van der Waals surface area contributed by atoms with E-state index < -0.39 is 24.1 Å². The van der Waals surface area contributed by atoms with E-state index in [1.165, 1.54) is 11.1 Å². The molecule has 3 aliphatic rings. The first-order valence-electron chi connectivity index (χ1n) is 12.2. The number of carboxylic acids is 1. The number of rotatable bonds is 7. The molecule has 3 N–H and O–H groups in total. The Morgan fingerprint density at radius 2 is 1.66 bits per heavy atom. The molecule has 1 saturated heterocycles. The molecule has 8 nitrogen and oxygen atoms in total. The molecule has 0 spiro atoms. The van der Waals surface area contributed by atoms with E-state index >= 15 is 0 Å². The van der Waals surface area contributed by atoms with Crippen LogP contribution in [-0.4, -0.2) is 55.0 Å². The van der Waals surface area contributed by atoms with Crippen LogP contribution in [0.25, 0.3) is 11.1 Å². The predicted molar refractivity (Wildman–Crippen MR) is 128 cm³/mol. The Kier molecular flexibility index (Phi) is 6.72. The van der Waals surface area contributed by atoms with E-state index in [0.29, 0.717) is 32.3 Å². The minimum absolute atomic E-state index is 0.0115. The maximum absolute atomic E-state index is 12.7. The van der Waals surface area contributed by atoms with E-state index in [2.05, 4.69) is 34.9 Å². The van der Waals surface area contributed by atoms with Gasteiger partial charge >= 0.3 is 12.1 Å². The molecule has 0 radical (unpaired) electrons. The number of fused-ring (bicyclic) bond motifs is 3. The number of amides is 2. The molecule has 184 valence electrons. The summed E-state index contributed by atoms with van der Waals surface area (Å²) in [5, 5.41) is 14.9. The fraction of sp³-hybridized carbons (Fsp3) is 0.444. The van der Waals surface area contributed by atoms with Crippen LogP contribution in [0.1, 0.15) is 42.7 Å². The second-order valence-corrected chi connectivity index (χ2v) is 9.60. The molecule has 2 aromatic rings. The van der Waals surface area contributed by atoms with Gasteiger partial charge in [-0.1, -0.05) is 48.5 Å². The number of carbonyl (C=O) groups is 3. The van der Waals surface area contributed by atoms with Gasteiger partial charge in [0.25, 0.3) is 0 Å². The molecule has 5 rings (SSSR count). The zero-order chi connectivity index (χ0) is 24.4. The highest BCUT2D eigenvalue weighted by atomic mass is 16.5. The van der Waals surface area contributed by atoms with E-state index in [1.54, 1.807) is 0 Å². The maximum Gasteiger partial charge on any atom is 0.407 e. The number of ether oxygens (including phenoxy) is 2. The normalized spacial score (nSPS) is 25.0. The third-order valence-corrected chi connectivity index (χ3v) is 7.45. The third-order valence-electron chi connectivity index (χ3n) is 7.45. The number of aliphatic carboxylic acids is 1. The SMILES string of the molecule is O=C(NC[C@H]1CCO[C@H]1C(=O)N[C@H]1CC[C@@H](C(=O)O)C1)OCC1c2ccccc2-c2ccccc21. The summed E-state index contributed by atoms with van der Waals surface area (Å²) in [6, 6.07) is 16.2. The molecule has 2 aliphatic carbocycles. The quantitative estimate of drug-likeness (QED) is 0.563. The first-order valence-corrected chi connectivity index (χ1v) is 12.2. The van der Waals surface area contributed by atoms with Gasteiger partial charge in [0.15, 0.2) is 0 Å². The van der Waals surface area contributed by atoms with Crippen molar-refractivity contribution in [2.24, 2.45) is 11.8 Å². The average molecular weight is 479 g/mol. The van der Waals surface area contributed by atoms with Crippen molar-refractivity contribution in [1.29, 1.82) is 0 Å². The summed E-state index contributed by atoms with van der Waals surface area (Å²) >= 11 is 0. The van der Waals surface area contributed by atoms with Crippen LogP contribution < -0.4 is 10.6 Å². The predicted octanol–water partition coefficient (Wildman–Crippen LogP) is 3.30. The zero-order valence-electron chi connectivity index (χ0n) is 19.4. The lowest BCUT2D eigenvalue weighted by Gasteiger charge is -2.21. The zero-order valence-corrected chi connectivity index (χ0v) is 19.4. The Bertz CT molecular complexity index is 1070. The Morgan fingerprint density at radius 3 is 2.31 bits per heavy atom. The smallest absolute Gasteiger partial charge is 0.407 e. The number of hydrogen-bond acceptors (Lipinski definition) is 5. The molecule has 8 heteroatoms. The van der Waals surface area contributed by atoms with Crippen LogP contribution in [0, 0.1) is 11.8 Å². The van der Waals surface area contributed by atoms with Crippen LogP contribution in [0.5, 0.6) is 0 Å². The van der Waals surface area contributed by atoms with Crippen LogP contribution >= 0.6 is 0 Å². The van der Waals surface area contributed by atoms with Crippen molar-refractivity contribution >= 4 is 18.0 Å². The van der Waals surface area contributed by atoms with Gasteiger partial charge in [-0.25, -0.2) is 4.79 Å². The van der Waals surface area contributed by atoms with E-state index in [0.717, 1.165) is 11.1 Å². The number of alkyl carbamates (subject to hydrolysis) is 1. The molecular weight excluding hydrogens is 448 g/mol. The summed E-state index contributed by atoms with van der Waals surface area (Å²) in [4.78, 5) is 36.4. The second-order valence-electron chi connectivity index (χ2n) is 9.60. The average Bonchev–Trinajstić information content (AvgIpc) is 3.59. The summed E-state index contributed by atoms with van der Waals surface area (Å²) in [6.45, 7) is 0.950. The molecule has 0 unspecified atom stereocenters. The van der Waals surface area contributed by atoms with Crippen molar-refractivity contribution in [2.45, 2.75) is 43.7 Å². The molecule has 2 fully saturated rings. The molecule has 1 saturated carbocycles. The van der Waals surface area contributed by atoms with Gasteiger partial charge in [0.2, 0.25) is 5.91 Å². The van der Waals surface area contributed by atoms with Crippen molar-refractivity contribution in [2.75, 3.05) is 19.8 Å². The number of nitrogens with one attached hydrogen (secondary N) is 2. The standard InChI is InChI=1S/C27H30N2O6/c30-25(29-18-10-9-16(13-18)26(31)32)24-17(11-12-34-24)14-28-27(33)35-15-23-21-7-3-1-5-19(21)20-6-2-4-8-22(20)23/h1-8,16-18,23-24H,9-15H2,(H,28,33)(H,29,30)(H,31,32)/t16-,17-,18+,24-/m1/s1. The van der Waals surface area contributed by atoms with Gasteiger partial charge in [-0.3, -0.25) is 9.59 Å². The van der Waals surface area contributed by atoms with Crippen molar-refractivity contribution in [3.05, 3.63) is 59.7 Å². The lowest BCUT2D eigenvalue weighted by atomic mass is 9.98. The maximum atomic E-state index is 12.7. The summed E-state index contributed by atoms with van der Waals surface area (Å²) in [6.07, 6.45) is 1.14. The summed E-state index contributed by atoms with van der Waals surface area (Å²) in [7, 11) is 0. The van der Waals surface area contributed by atoms with Crippen LogP contribution in [0.15, 0.2) is 48.5 Å². The van der Waals surface area contributed by atoms with Gasteiger partial charge in [-0.2, -0.15) is 0 Å². The monoisotopic (exact) mass is 478 g/mol. The Morgan fingerprint density at radius 1 is 0.971 bits per heavy atom. The van der Waals surface area contributed by atoms with Crippen molar-refractivity contribution < 1.29 is 29.0 Å². The van der Waals surface area contributed by atoms with Crippen molar-refractivity contribution in [1.82, 2.24) is 10.6 Å². The van der Waals surface area contributed by atoms with Gasteiger partial charge in [-0.15, -0.1) is 0 Å².